The van der Waals surface area contributed by atoms with Crippen LogP contribution in [0.2, 0.25) is 5.02 Å². The van der Waals surface area contributed by atoms with Gasteiger partial charge < -0.3 is 9.88 Å². The highest BCUT2D eigenvalue weighted by atomic mass is 35.5. The van der Waals surface area contributed by atoms with Gasteiger partial charge in [-0.2, -0.15) is 0 Å². The topological polar surface area (TPSA) is 50.2 Å². The number of halogens is 1. The third kappa shape index (κ3) is 4.80. The van der Waals surface area contributed by atoms with Gasteiger partial charge in [-0.15, -0.1) is 0 Å². The zero-order valence-corrected chi connectivity index (χ0v) is 17.5. The van der Waals surface area contributed by atoms with Gasteiger partial charge in [-0.25, -0.2) is 4.98 Å². The fraction of sp³-hybridized carbons (Fsp3) is 0.391. The summed E-state index contributed by atoms with van der Waals surface area (Å²) in [6, 6.07) is 16.0. The van der Waals surface area contributed by atoms with Crippen molar-refractivity contribution in [2.24, 2.45) is 13.0 Å². The molecule has 1 atom stereocenters. The smallest absolute Gasteiger partial charge is 0.224 e. The Labute approximate surface area is 176 Å². The highest BCUT2D eigenvalue weighted by molar-refractivity contribution is 6.30. The van der Waals surface area contributed by atoms with E-state index in [0.717, 1.165) is 60.8 Å². The summed E-state index contributed by atoms with van der Waals surface area (Å²) in [5, 5.41) is 3.85. The maximum Gasteiger partial charge on any atom is 0.224 e. The van der Waals surface area contributed by atoms with Gasteiger partial charge in [0.05, 0.1) is 23.5 Å². The van der Waals surface area contributed by atoms with Crippen molar-refractivity contribution < 1.29 is 4.79 Å². The van der Waals surface area contributed by atoms with Crippen LogP contribution in [0, 0.1) is 5.92 Å². The first kappa shape index (κ1) is 19.9. The number of aromatic nitrogens is 2. The van der Waals surface area contributed by atoms with Gasteiger partial charge in [-0.3, -0.25) is 9.69 Å². The first-order chi connectivity index (χ1) is 14.1. The molecule has 2 aromatic carbocycles. The number of benzene rings is 2. The van der Waals surface area contributed by atoms with E-state index in [2.05, 4.69) is 27.9 Å². The summed E-state index contributed by atoms with van der Waals surface area (Å²) in [4.78, 5) is 19.8. The molecule has 0 radical (unpaired) electrons. The van der Waals surface area contributed by atoms with Gasteiger partial charge in [0.25, 0.3) is 0 Å². The molecular weight excluding hydrogens is 384 g/mol. The third-order valence-corrected chi connectivity index (χ3v) is 6.00. The summed E-state index contributed by atoms with van der Waals surface area (Å²) >= 11 is 5.92. The predicted octanol–water partition coefficient (Wildman–Crippen LogP) is 3.80. The molecule has 1 amide bonds. The number of rotatable bonds is 6. The van der Waals surface area contributed by atoms with Crippen LogP contribution in [-0.2, 0) is 24.8 Å². The van der Waals surface area contributed by atoms with Gasteiger partial charge >= 0.3 is 0 Å². The highest BCUT2D eigenvalue weighted by Crippen LogP contribution is 2.21. The molecule has 0 saturated carbocycles. The van der Waals surface area contributed by atoms with Crippen molar-refractivity contribution >= 4 is 28.5 Å². The van der Waals surface area contributed by atoms with Crippen molar-refractivity contribution in [2.75, 3.05) is 19.6 Å². The zero-order valence-electron chi connectivity index (χ0n) is 16.8. The number of likely N-dealkylation sites (tertiary alicyclic amines) is 1. The molecule has 2 heterocycles. The Morgan fingerprint density at radius 1 is 1.21 bits per heavy atom. The van der Waals surface area contributed by atoms with E-state index in [9.17, 15) is 4.79 Å². The number of carbonyl (C=O) groups is 1. The van der Waals surface area contributed by atoms with Crippen molar-refractivity contribution in [2.45, 2.75) is 25.8 Å². The molecule has 0 aliphatic carbocycles. The van der Waals surface area contributed by atoms with E-state index in [0.29, 0.717) is 6.54 Å². The largest absolute Gasteiger partial charge is 0.355 e. The van der Waals surface area contributed by atoms with E-state index in [-0.39, 0.29) is 11.8 Å². The quantitative estimate of drug-likeness (QED) is 0.672. The van der Waals surface area contributed by atoms with E-state index in [1.165, 1.54) is 5.56 Å². The molecule has 1 aliphatic heterocycles. The molecule has 0 unspecified atom stereocenters. The van der Waals surface area contributed by atoms with Crippen molar-refractivity contribution in [3.63, 3.8) is 0 Å². The molecule has 6 heteroatoms. The fourth-order valence-corrected chi connectivity index (χ4v) is 4.20. The number of aryl methyl sites for hydroxylation is 1. The highest BCUT2D eigenvalue weighted by Gasteiger charge is 2.26. The average molecular weight is 411 g/mol. The minimum atomic E-state index is 0.0450. The Hall–Kier alpha value is -2.37. The van der Waals surface area contributed by atoms with E-state index >= 15 is 0 Å². The van der Waals surface area contributed by atoms with Crippen molar-refractivity contribution in [1.29, 1.82) is 0 Å². The Kier molecular flexibility index (Phi) is 6.16. The normalized spacial score (nSPS) is 17.5. The maximum absolute atomic E-state index is 12.7. The van der Waals surface area contributed by atoms with Gasteiger partial charge in [-0.1, -0.05) is 35.9 Å². The molecule has 0 bridgehead atoms. The standard InChI is InChI=1S/C23H27ClN4O/c1-27-21-7-3-2-6-20(21)26-22(27)16-28-14-4-5-18(15-28)23(29)25-13-12-17-8-10-19(24)11-9-17/h2-3,6-11,18H,4-5,12-16H2,1H3,(H,25,29)/t18-/m1/s1. The second-order valence-corrected chi connectivity index (χ2v) is 8.25. The number of carbonyl (C=O) groups excluding carboxylic acids is 1. The van der Waals surface area contributed by atoms with Crippen LogP contribution >= 0.6 is 11.6 Å². The lowest BCUT2D eigenvalue weighted by atomic mass is 9.97. The summed E-state index contributed by atoms with van der Waals surface area (Å²) in [6.45, 7) is 3.23. The molecule has 152 valence electrons. The molecular formula is C23H27ClN4O. The van der Waals surface area contributed by atoms with E-state index < -0.39 is 0 Å². The summed E-state index contributed by atoms with van der Waals surface area (Å²) in [7, 11) is 2.07. The van der Waals surface area contributed by atoms with Crippen LogP contribution in [-0.4, -0.2) is 40.0 Å². The van der Waals surface area contributed by atoms with Crippen molar-refractivity contribution in [3.8, 4) is 0 Å². The number of para-hydroxylation sites is 2. The van der Waals surface area contributed by atoms with E-state index in [4.69, 9.17) is 16.6 Å². The number of piperidine rings is 1. The van der Waals surface area contributed by atoms with Crippen LogP contribution in [0.1, 0.15) is 24.2 Å². The molecule has 0 spiro atoms. The van der Waals surface area contributed by atoms with Gasteiger partial charge in [0, 0.05) is 25.2 Å². The molecule has 29 heavy (non-hydrogen) atoms. The molecule has 1 saturated heterocycles. The Morgan fingerprint density at radius 2 is 2.00 bits per heavy atom. The number of nitrogens with zero attached hydrogens (tertiary/aromatic N) is 3. The second-order valence-electron chi connectivity index (χ2n) is 7.82. The third-order valence-electron chi connectivity index (χ3n) is 5.75. The number of fused-ring (bicyclic) bond motifs is 1. The second kappa shape index (κ2) is 8.97. The van der Waals surface area contributed by atoms with Crippen LogP contribution < -0.4 is 5.32 Å². The SMILES string of the molecule is Cn1c(CN2CCC[C@@H](C(=O)NCCc3ccc(Cl)cc3)C2)nc2ccccc21. The minimum Gasteiger partial charge on any atom is -0.355 e. The van der Waals surface area contributed by atoms with E-state index in [1.807, 2.05) is 42.5 Å². The van der Waals surface area contributed by atoms with Crippen LogP contribution in [0.3, 0.4) is 0 Å². The van der Waals surface area contributed by atoms with Gasteiger partial charge in [0.1, 0.15) is 5.82 Å². The number of hydrogen-bond donors (Lipinski definition) is 1. The number of imidazole rings is 1. The summed E-state index contributed by atoms with van der Waals surface area (Å²) in [6.07, 6.45) is 2.81. The lowest BCUT2D eigenvalue weighted by Gasteiger charge is -2.31. The van der Waals surface area contributed by atoms with E-state index in [1.54, 1.807) is 0 Å². The summed E-state index contributed by atoms with van der Waals surface area (Å²) in [5.41, 5.74) is 3.36. The predicted molar refractivity (Wildman–Crippen MR) is 117 cm³/mol. The molecule has 1 fully saturated rings. The van der Waals surface area contributed by atoms with Crippen LogP contribution in [0.4, 0.5) is 0 Å². The lowest BCUT2D eigenvalue weighted by molar-refractivity contribution is -0.126. The Bertz CT molecular complexity index is 982. The number of hydrogen-bond acceptors (Lipinski definition) is 3. The zero-order chi connectivity index (χ0) is 20.2. The molecule has 4 rings (SSSR count). The summed E-state index contributed by atoms with van der Waals surface area (Å²) in [5.74, 6) is 1.26. The first-order valence-electron chi connectivity index (χ1n) is 10.2. The van der Waals surface area contributed by atoms with Gasteiger partial charge in [0.2, 0.25) is 5.91 Å². The van der Waals surface area contributed by atoms with Crippen LogP contribution in [0.15, 0.2) is 48.5 Å². The van der Waals surface area contributed by atoms with Gasteiger partial charge in [-0.05, 0) is 55.6 Å². The van der Waals surface area contributed by atoms with Crippen molar-refractivity contribution in [3.05, 3.63) is 64.9 Å². The minimum absolute atomic E-state index is 0.0450. The molecule has 1 aliphatic rings. The molecule has 1 N–H and O–H groups in total. The van der Waals surface area contributed by atoms with Crippen LogP contribution in [0.5, 0.6) is 0 Å². The number of nitrogens with one attached hydrogen (secondary N) is 1. The first-order valence-corrected chi connectivity index (χ1v) is 10.6. The molecule has 5 nitrogen and oxygen atoms in total. The fourth-order valence-electron chi connectivity index (χ4n) is 4.08. The maximum atomic E-state index is 12.7. The Balaban J connectivity index is 1.31. The van der Waals surface area contributed by atoms with Crippen molar-refractivity contribution in [1.82, 2.24) is 19.8 Å². The van der Waals surface area contributed by atoms with Crippen LogP contribution in [0.25, 0.3) is 11.0 Å². The number of amides is 1. The molecule has 3 aromatic rings. The van der Waals surface area contributed by atoms with Gasteiger partial charge in [0.15, 0.2) is 0 Å². The average Bonchev–Trinajstić information content (AvgIpc) is 3.05. The Morgan fingerprint density at radius 3 is 2.79 bits per heavy atom. The lowest BCUT2D eigenvalue weighted by Crippen LogP contribution is -2.43. The monoisotopic (exact) mass is 410 g/mol. The summed E-state index contributed by atoms with van der Waals surface area (Å²) < 4.78 is 2.16. The molecule has 1 aromatic heterocycles.